The summed E-state index contributed by atoms with van der Waals surface area (Å²) < 4.78 is 160. The van der Waals surface area contributed by atoms with Crippen molar-refractivity contribution in [2.75, 3.05) is 18.1 Å². The zero-order chi connectivity index (χ0) is 33.4. The lowest BCUT2D eigenvalue weighted by molar-refractivity contribution is -0.348. The zero-order valence-electron chi connectivity index (χ0n) is 23.3. The minimum Gasteiger partial charge on any atom is -0.380 e. The lowest BCUT2D eigenvalue weighted by Gasteiger charge is -2.44. The molecule has 2 unspecified atom stereocenters. The van der Waals surface area contributed by atoms with Crippen molar-refractivity contribution in [2.24, 2.45) is 0 Å². The van der Waals surface area contributed by atoms with Crippen molar-refractivity contribution in [1.82, 2.24) is 4.90 Å². The number of hydrogen-bond acceptors (Lipinski definition) is 6. The molecule has 2 atom stereocenters. The molecule has 0 saturated carbocycles. The molecular formula is C28H27F8NO6S2. The number of nitrogens with zero attached hydrogens (tertiary/aromatic N) is 1. The lowest BCUT2D eigenvalue weighted by atomic mass is 9.76. The van der Waals surface area contributed by atoms with Gasteiger partial charge in [0.2, 0.25) is 0 Å². The Balaban J connectivity index is 1.67. The molecule has 7 nitrogen and oxygen atoms in total. The smallest absolute Gasteiger partial charge is 0.380 e. The number of fused-ring (bicyclic) bond motifs is 3. The first-order valence-corrected chi connectivity index (χ1v) is 17.0. The molecule has 17 heteroatoms. The van der Waals surface area contributed by atoms with Gasteiger partial charge in [0.25, 0.3) is 5.91 Å². The standard InChI is InChI=1S/C28H27F8NO6S2/c29-16-17-1-5-20(6-2-17)45(42,43)25-9-12-37(23(38)24(39)10-13-44(40,41)14-11-24)22(25)8-3-18-15-19(4-7-21(18)25)26(30,27(31,32)33)28(34,35)36/h1-2,4-7,15,22,39H,3,8-14,16H2. The van der Waals surface area contributed by atoms with Crippen LogP contribution in [0.25, 0.3) is 0 Å². The van der Waals surface area contributed by atoms with Gasteiger partial charge in [0, 0.05) is 12.1 Å². The summed E-state index contributed by atoms with van der Waals surface area (Å²) in [4.78, 5) is 14.4. The highest BCUT2D eigenvalue weighted by Crippen LogP contribution is 2.57. The van der Waals surface area contributed by atoms with Gasteiger partial charge < -0.3 is 10.0 Å². The predicted octanol–water partition coefficient (Wildman–Crippen LogP) is 4.60. The lowest BCUT2D eigenvalue weighted by Crippen LogP contribution is -2.58. The van der Waals surface area contributed by atoms with E-state index in [1.54, 1.807) is 0 Å². The maximum Gasteiger partial charge on any atom is 0.435 e. The van der Waals surface area contributed by atoms with Crippen LogP contribution in [0.4, 0.5) is 35.1 Å². The van der Waals surface area contributed by atoms with Crippen LogP contribution in [0.5, 0.6) is 0 Å². The van der Waals surface area contributed by atoms with E-state index in [2.05, 4.69) is 0 Å². The summed E-state index contributed by atoms with van der Waals surface area (Å²) >= 11 is 0. The Kier molecular flexibility index (Phi) is 7.92. The number of aliphatic hydroxyl groups is 1. The van der Waals surface area contributed by atoms with Crippen molar-refractivity contribution >= 4 is 25.6 Å². The molecule has 1 aliphatic carbocycles. The van der Waals surface area contributed by atoms with Gasteiger partial charge in [-0.2, -0.15) is 26.3 Å². The SMILES string of the molecule is O=C(N1CCC2(S(=O)(=O)c3ccc(CF)cc3)c3ccc(C(F)(C(F)(F)F)C(F)(F)F)cc3CCC12)C1(O)CCS(=O)(=O)CC1. The molecule has 5 rings (SSSR count). The third-order valence-corrected chi connectivity index (χ3v) is 13.4. The third kappa shape index (κ3) is 5.03. The van der Waals surface area contributed by atoms with Crippen LogP contribution in [0.3, 0.4) is 0 Å². The van der Waals surface area contributed by atoms with E-state index in [0.29, 0.717) is 12.1 Å². The summed E-state index contributed by atoms with van der Waals surface area (Å²) in [6, 6.07) is 4.52. The van der Waals surface area contributed by atoms with Gasteiger partial charge in [0.05, 0.1) is 22.4 Å². The molecule has 2 saturated heterocycles. The van der Waals surface area contributed by atoms with Crippen LogP contribution in [0.2, 0.25) is 0 Å². The monoisotopic (exact) mass is 689 g/mol. The Morgan fingerprint density at radius 2 is 1.51 bits per heavy atom. The first-order valence-electron chi connectivity index (χ1n) is 13.7. The van der Waals surface area contributed by atoms with Crippen LogP contribution in [0, 0.1) is 0 Å². The van der Waals surface area contributed by atoms with Gasteiger partial charge in [-0.15, -0.1) is 0 Å². The van der Waals surface area contributed by atoms with E-state index in [1.807, 2.05) is 0 Å². The van der Waals surface area contributed by atoms with Gasteiger partial charge in [-0.05, 0) is 60.9 Å². The van der Waals surface area contributed by atoms with Crippen molar-refractivity contribution in [1.29, 1.82) is 0 Å². The first kappa shape index (κ1) is 33.6. The third-order valence-electron chi connectivity index (χ3n) is 9.25. The molecule has 45 heavy (non-hydrogen) atoms. The second-order valence-corrected chi connectivity index (χ2v) is 16.2. The summed E-state index contributed by atoms with van der Waals surface area (Å²) in [5.74, 6) is -1.97. The Labute approximate surface area is 253 Å². The van der Waals surface area contributed by atoms with Gasteiger partial charge in [-0.3, -0.25) is 4.79 Å². The zero-order valence-corrected chi connectivity index (χ0v) is 24.9. The molecule has 3 aliphatic rings. The van der Waals surface area contributed by atoms with Gasteiger partial charge in [-0.25, -0.2) is 25.6 Å². The number of carbonyl (C=O) groups excluding carboxylic acids is 1. The predicted molar refractivity (Wildman–Crippen MR) is 143 cm³/mol. The minimum absolute atomic E-state index is 0.118. The fourth-order valence-electron chi connectivity index (χ4n) is 6.80. The highest BCUT2D eigenvalue weighted by Gasteiger charge is 2.74. The highest BCUT2D eigenvalue weighted by atomic mass is 32.2. The fraction of sp³-hybridized carbons (Fsp3) is 0.536. The molecule has 0 bridgehead atoms. The number of halogens is 8. The Hall–Kier alpha value is -2.79. The second-order valence-electron chi connectivity index (χ2n) is 11.7. The van der Waals surface area contributed by atoms with Crippen molar-refractivity contribution in [3.8, 4) is 0 Å². The molecule has 2 aromatic rings. The summed E-state index contributed by atoms with van der Waals surface area (Å²) in [5.41, 5.74) is -10.1. The van der Waals surface area contributed by atoms with E-state index in [4.69, 9.17) is 0 Å². The number of benzene rings is 2. The molecule has 1 amide bonds. The molecule has 1 N–H and O–H groups in total. The number of carbonyl (C=O) groups is 1. The molecule has 2 fully saturated rings. The van der Waals surface area contributed by atoms with E-state index in [0.717, 1.165) is 17.0 Å². The van der Waals surface area contributed by atoms with Gasteiger partial charge in [-0.1, -0.05) is 30.3 Å². The maximum atomic E-state index is 15.0. The van der Waals surface area contributed by atoms with E-state index >= 15 is 0 Å². The molecule has 0 radical (unpaired) electrons. The molecule has 0 spiro atoms. The molecule has 2 heterocycles. The number of likely N-dealkylation sites (tertiary alicyclic amines) is 1. The Morgan fingerprint density at radius 1 is 0.933 bits per heavy atom. The summed E-state index contributed by atoms with van der Waals surface area (Å²) in [7, 11) is -8.20. The summed E-state index contributed by atoms with van der Waals surface area (Å²) in [5, 5.41) is 11.2. The van der Waals surface area contributed by atoms with Gasteiger partial charge in [0.15, 0.2) is 19.7 Å². The Morgan fingerprint density at radius 3 is 2.04 bits per heavy atom. The summed E-state index contributed by atoms with van der Waals surface area (Å²) in [6.07, 6.45) is -14.8. The van der Waals surface area contributed by atoms with Crippen molar-refractivity contribution < 1.29 is 61.9 Å². The number of rotatable bonds is 5. The number of amides is 1. The average Bonchev–Trinajstić information content (AvgIpc) is 3.38. The quantitative estimate of drug-likeness (QED) is 0.460. The second kappa shape index (κ2) is 10.6. The minimum atomic E-state index is -6.40. The first-order chi connectivity index (χ1) is 20.6. The normalized spacial score (nSPS) is 25.0. The van der Waals surface area contributed by atoms with Crippen LogP contribution >= 0.6 is 0 Å². The van der Waals surface area contributed by atoms with E-state index in [9.17, 15) is 61.9 Å². The van der Waals surface area contributed by atoms with Crippen LogP contribution in [0.1, 0.15) is 47.9 Å². The van der Waals surface area contributed by atoms with Gasteiger partial charge in [0.1, 0.15) is 17.0 Å². The number of hydrogen-bond donors (Lipinski definition) is 1. The number of sulfone groups is 2. The molecule has 248 valence electrons. The van der Waals surface area contributed by atoms with Crippen molar-refractivity contribution in [3.63, 3.8) is 0 Å². The van der Waals surface area contributed by atoms with Crippen molar-refractivity contribution in [2.45, 2.75) is 78.1 Å². The van der Waals surface area contributed by atoms with Crippen LogP contribution < -0.4 is 0 Å². The van der Waals surface area contributed by atoms with Crippen LogP contribution in [0.15, 0.2) is 47.4 Å². The topological polar surface area (TPSA) is 109 Å². The van der Waals surface area contributed by atoms with E-state index in [-0.39, 0.29) is 47.0 Å². The molecule has 0 aromatic heterocycles. The molecule has 2 aromatic carbocycles. The van der Waals surface area contributed by atoms with Crippen LogP contribution in [-0.2, 0) is 48.0 Å². The number of alkyl halides is 8. The average molecular weight is 690 g/mol. The largest absolute Gasteiger partial charge is 0.435 e. The highest BCUT2D eigenvalue weighted by molar-refractivity contribution is 7.92. The molecule has 2 aliphatic heterocycles. The van der Waals surface area contributed by atoms with Crippen LogP contribution in [-0.4, -0.2) is 74.8 Å². The molecular weight excluding hydrogens is 662 g/mol. The fourth-order valence-corrected chi connectivity index (χ4v) is 10.7. The van der Waals surface area contributed by atoms with E-state index < -0.39 is 103 Å². The maximum absolute atomic E-state index is 15.0. The number of aryl methyl sites for hydroxylation is 1. The summed E-state index contributed by atoms with van der Waals surface area (Å²) in [6.45, 7) is -1.25. The Bertz CT molecular complexity index is 1700. The van der Waals surface area contributed by atoms with Gasteiger partial charge >= 0.3 is 18.0 Å². The van der Waals surface area contributed by atoms with Crippen molar-refractivity contribution in [3.05, 3.63) is 64.7 Å². The van der Waals surface area contributed by atoms with E-state index in [1.165, 1.54) is 12.1 Å².